The average Bonchev–Trinajstić information content (AvgIpc) is 3.36. The Hall–Kier alpha value is -4.63. The van der Waals surface area contributed by atoms with Crippen molar-refractivity contribution in [2.24, 2.45) is 5.92 Å². The molecule has 2 aliphatic carbocycles. The number of rotatable bonds is 3. The number of carbonyl (C=O) groups is 3. The van der Waals surface area contributed by atoms with Gasteiger partial charge in [0.05, 0.1) is 4.88 Å². The number of H-pyrrole nitrogens is 2. The minimum absolute atomic E-state index is 0.00969. The van der Waals surface area contributed by atoms with Gasteiger partial charge in [0.15, 0.2) is 5.78 Å². The van der Waals surface area contributed by atoms with E-state index in [1.165, 1.54) is 11.3 Å². The van der Waals surface area contributed by atoms with Gasteiger partial charge < -0.3 is 25.9 Å². The quantitative estimate of drug-likeness (QED) is 0.234. The van der Waals surface area contributed by atoms with Crippen LogP contribution in [0.3, 0.4) is 0 Å². The Labute approximate surface area is 226 Å². The van der Waals surface area contributed by atoms with Crippen LogP contribution in [-0.4, -0.2) is 39.0 Å². The normalized spacial score (nSPS) is 21.1. The number of piperidine rings is 1. The molecule has 0 radical (unpaired) electrons. The summed E-state index contributed by atoms with van der Waals surface area (Å²) in [6.45, 7) is 2.67. The monoisotopic (exact) mass is 533 g/mol. The SMILES string of the molecule is Cc1csc2c1C13CC1CN(C(=O)c1cc4cc(NC(=O)c5cc6cc(N)ccc6[nH]5)ccc4[nH]1)C3=CC2=O. The molecule has 1 saturated heterocycles. The Morgan fingerprint density at radius 1 is 1.05 bits per heavy atom. The molecule has 5 N–H and O–H groups in total. The number of thiophene rings is 1. The topological polar surface area (TPSA) is 124 Å². The average molecular weight is 534 g/mol. The van der Waals surface area contributed by atoms with E-state index in [1.807, 2.05) is 30.3 Å². The number of aromatic amines is 2. The van der Waals surface area contributed by atoms with Gasteiger partial charge in [-0.05, 0) is 84.3 Å². The number of hydrogen-bond donors (Lipinski definition) is 4. The van der Waals surface area contributed by atoms with E-state index in [1.54, 1.807) is 29.2 Å². The number of nitrogens with two attached hydrogens (primary N) is 1. The number of aromatic nitrogens is 2. The summed E-state index contributed by atoms with van der Waals surface area (Å²) in [5.74, 6) is -0.0738. The van der Waals surface area contributed by atoms with Crippen LogP contribution in [-0.2, 0) is 5.41 Å². The number of fused-ring (bicyclic) bond motifs is 3. The van der Waals surface area contributed by atoms with Gasteiger partial charge >= 0.3 is 0 Å². The van der Waals surface area contributed by atoms with E-state index < -0.39 is 0 Å². The van der Waals surface area contributed by atoms with Crippen molar-refractivity contribution in [1.82, 2.24) is 14.9 Å². The van der Waals surface area contributed by atoms with Crippen molar-refractivity contribution in [2.45, 2.75) is 18.8 Å². The van der Waals surface area contributed by atoms with Crippen molar-refractivity contribution in [3.63, 3.8) is 0 Å². The molecule has 0 bridgehead atoms. The van der Waals surface area contributed by atoms with Crippen LogP contribution in [0.4, 0.5) is 11.4 Å². The number of nitrogens with one attached hydrogen (secondary N) is 3. The largest absolute Gasteiger partial charge is 0.399 e. The zero-order chi connectivity index (χ0) is 26.6. The van der Waals surface area contributed by atoms with Gasteiger partial charge in [-0.25, -0.2) is 0 Å². The van der Waals surface area contributed by atoms with Gasteiger partial charge in [0.25, 0.3) is 11.8 Å². The Bertz CT molecular complexity index is 1960. The summed E-state index contributed by atoms with van der Waals surface area (Å²) in [7, 11) is 0. The number of likely N-dealkylation sites (tertiary alicyclic amines) is 1. The molecule has 4 heterocycles. The third-order valence-electron chi connectivity index (χ3n) is 8.41. The lowest BCUT2D eigenvalue weighted by molar-refractivity contribution is 0.0806. The first-order valence-electron chi connectivity index (χ1n) is 12.8. The molecule has 1 spiro atoms. The maximum absolute atomic E-state index is 13.7. The Kier molecular flexibility index (Phi) is 4.29. The summed E-state index contributed by atoms with van der Waals surface area (Å²) in [5, 5.41) is 6.66. The molecule has 2 amide bonds. The van der Waals surface area contributed by atoms with Crippen LogP contribution < -0.4 is 11.1 Å². The van der Waals surface area contributed by atoms with Gasteiger partial charge in [-0.3, -0.25) is 14.4 Å². The Morgan fingerprint density at radius 2 is 1.79 bits per heavy atom. The summed E-state index contributed by atoms with van der Waals surface area (Å²) in [6.07, 6.45) is 2.66. The lowest BCUT2D eigenvalue weighted by Gasteiger charge is -2.28. The fourth-order valence-corrected chi connectivity index (χ4v) is 7.62. The first-order chi connectivity index (χ1) is 18.8. The first-order valence-corrected chi connectivity index (χ1v) is 13.7. The molecular weight excluding hydrogens is 510 g/mol. The number of ketones is 1. The summed E-state index contributed by atoms with van der Waals surface area (Å²) in [6, 6.07) is 14.5. The van der Waals surface area contributed by atoms with Crippen LogP contribution in [0, 0.1) is 12.8 Å². The number of aryl methyl sites for hydroxylation is 1. The highest BCUT2D eigenvalue weighted by Gasteiger charge is 2.68. The van der Waals surface area contributed by atoms with Gasteiger partial charge in [0.1, 0.15) is 11.4 Å². The fraction of sp³-hybridized carbons (Fsp3) is 0.167. The van der Waals surface area contributed by atoms with E-state index in [9.17, 15) is 14.4 Å². The Balaban J connectivity index is 1.06. The van der Waals surface area contributed by atoms with Crippen molar-refractivity contribution >= 4 is 62.1 Å². The zero-order valence-electron chi connectivity index (χ0n) is 20.9. The molecule has 2 atom stereocenters. The minimum atomic E-state index is -0.269. The van der Waals surface area contributed by atoms with E-state index >= 15 is 0 Å². The number of nitrogen functional groups attached to an aromatic ring is 1. The number of allylic oxidation sites excluding steroid dienone is 2. The lowest BCUT2D eigenvalue weighted by Crippen LogP contribution is -2.33. The number of hydrogen-bond acceptors (Lipinski definition) is 5. The molecule has 3 aromatic heterocycles. The van der Waals surface area contributed by atoms with Crippen LogP contribution >= 0.6 is 11.3 Å². The highest BCUT2D eigenvalue weighted by Crippen LogP contribution is 2.68. The molecule has 8 nitrogen and oxygen atoms in total. The molecule has 5 aromatic rings. The van der Waals surface area contributed by atoms with Crippen molar-refractivity contribution < 1.29 is 14.4 Å². The van der Waals surface area contributed by atoms with E-state index in [0.29, 0.717) is 35.2 Å². The number of benzene rings is 2. The molecule has 3 aliphatic rings. The predicted octanol–water partition coefficient (Wildman–Crippen LogP) is 5.35. The molecule has 9 heteroatoms. The Morgan fingerprint density at radius 3 is 2.64 bits per heavy atom. The second kappa shape index (κ2) is 7.48. The maximum atomic E-state index is 13.7. The van der Waals surface area contributed by atoms with Gasteiger partial charge in [-0.1, -0.05) is 0 Å². The fourth-order valence-electron chi connectivity index (χ4n) is 6.57. The standard InChI is InChI=1S/C30H23N5O3S/c1-14-13-39-27-24(36)10-25-30(26(14)27)11-17(30)12-35(25)29(38)23-9-16-7-19(3-5-21(16)34-23)32-28(37)22-8-15-6-18(31)2-4-20(15)33-22/h2-10,13,17,33-34H,11-12,31H2,1H3,(H,32,37). The van der Waals surface area contributed by atoms with Crippen LogP contribution in [0.25, 0.3) is 21.8 Å². The predicted molar refractivity (Wildman–Crippen MR) is 151 cm³/mol. The van der Waals surface area contributed by atoms with Crippen LogP contribution in [0.1, 0.15) is 48.2 Å². The third kappa shape index (κ3) is 3.07. The molecule has 192 valence electrons. The molecule has 2 fully saturated rings. The maximum Gasteiger partial charge on any atom is 0.274 e. The summed E-state index contributed by atoms with van der Waals surface area (Å²) < 4.78 is 0. The van der Waals surface area contributed by atoms with E-state index in [-0.39, 0.29) is 23.0 Å². The molecule has 8 rings (SSSR count). The molecule has 2 aromatic carbocycles. The highest BCUT2D eigenvalue weighted by atomic mass is 32.1. The lowest BCUT2D eigenvalue weighted by atomic mass is 9.84. The molecular formula is C30H23N5O3S. The van der Waals surface area contributed by atoms with Gasteiger partial charge in [0, 0.05) is 56.9 Å². The van der Waals surface area contributed by atoms with Crippen LogP contribution in [0.5, 0.6) is 0 Å². The smallest absolute Gasteiger partial charge is 0.274 e. The van der Waals surface area contributed by atoms with E-state index in [0.717, 1.165) is 49.9 Å². The molecule has 39 heavy (non-hydrogen) atoms. The van der Waals surface area contributed by atoms with E-state index in [2.05, 4.69) is 27.6 Å². The molecule has 1 saturated carbocycles. The van der Waals surface area contributed by atoms with Gasteiger partial charge in [0.2, 0.25) is 0 Å². The zero-order valence-corrected chi connectivity index (χ0v) is 21.7. The summed E-state index contributed by atoms with van der Waals surface area (Å²) in [4.78, 5) is 48.4. The highest BCUT2D eigenvalue weighted by molar-refractivity contribution is 7.12. The number of amides is 2. The van der Waals surface area contributed by atoms with E-state index in [4.69, 9.17) is 5.73 Å². The van der Waals surface area contributed by atoms with Crippen LogP contribution in [0.15, 0.2) is 65.7 Å². The van der Waals surface area contributed by atoms with Gasteiger partial charge in [-0.2, -0.15) is 0 Å². The van der Waals surface area contributed by atoms with Crippen molar-refractivity contribution in [1.29, 1.82) is 0 Å². The second-order valence-electron chi connectivity index (χ2n) is 10.8. The van der Waals surface area contributed by atoms with Crippen LogP contribution in [0.2, 0.25) is 0 Å². The van der Waals surface area contributed by atoms with Crippen molar-refractivity contribution in [3.05, 3.63) is 93.1 Å². The van der Waals surface area contributed by atoms with Gasteiger partial charge in [-0.15, -0.1) is 11.3 Å². The number of nitrogens with zero attached hydrogens (tertiary/aromatic N) is 1. The third-order valence-corrected chi connectivity index (χ3v) is 9.52. The molecule has 1 aliphatic heterocycles. The molecule has 2 unspecified atom stereocenters. The number of anilines is 2. The van der Waals surface area contributed by atoms with Crippen molar-refractivity contribution in [3.8, 4) is 0 Å². The minimum Gasteiger partial charge on any atom is -0.399 e. The summed E-state index contributed by atoms with van der Waals surface area (Å²) in [5.41, 5.74) is 12.5. The second-order valence-corrected chi connectivity index (χ2v) is 11.7. The summed E-state index contributed by atoms with van der Waals surface area (Å²) >= 11 is 1.51. The van der Waals surface area contributed by atoms with Crippen molar-refractivity contribution in [2.75, 3.05) is 17.6 Å². The number of carbonyl (C=O) groups excluding carboxylic acids is 3. The first kappa shape index (κ1) is 22.4.